The van der Waals surface area contributed by atoms with E-state index >= 15 is 0 Å². The molecule has 0 saturated heterocycles. The SMILES string of the molecule is [CH2-][NH2+]c1ccccc1CC. The average molecular weight is 135 g/mol. The highest BCUT2D eigenvalue weighted by molar-refractivity contribution is 5.38. The van der Waals surface area contributed by atoms with E-state index in [1.54, 1.807) is 0 Å². The second kappa shape index (κ2) is 3.37. The van der Waals surface area contributed by atoms with E-state index in [0.29, 0.717) is 0 Å². The molecule has 10 heavy (non-hydrogen) atoms. The van der Waals surface area contributed by atoms with Crippen LogP contribution in [0.1, 0.15) is 12.5 Å². The van der Waals surface area contributed by atoms with Crippen molar-refractivity contribution in [1.29, 1.82) is 0 Å². The van der Waals surface area contributed by atoms with E-state index < -0.39 is 0 Å². The Bertz CT molecular complexity index is 183. The first-order valence-corrected chi connectivity index (χ1v) is 3.58. The third-order valence-corrected chi connectivity index (χ3v) is 1.66. The predicted molar refractivity (Wildman–Crippen MR) is 42.8 cm³/mol. The van der Waals surface area contributed by atoms with Crippen molar-refractivity contribution in [2.75, 3.05) is 0 Å². The Morgan fingerprint density at radius 2 is 2.10 bits per heavy atom. The molecule has 0 aromatic heterocycles. The van der Waals surface area contributed by atoms with Crippen molar-refractivity contribution in [1.82, 2.24) is 0 Å². The largest absolute Gasteiger partial charge is 0.446 e. The number of aryl methyl sites for hydroxylation is 1. The van der Waals surface area contributed by atoms with Gasteiger partial charge in [0.05, 0.1) is 0 Å². The first kappa shape index (κ1) is 7.29. The lowest BCUT2D eigenvalue weighted by atomic mass is 10.1. The van der Waals surface area contributed by atoms with Crippen molar-refractivity contribution < 1.29 is 5.32 Å². The van der Waals surface area contributed by atoms with Gasteiger partial charge in [-0.05, 0) is 12.5 Å². The Hall–Kier alpha value is -0.820. The number of quaternary nitrogens is 1. The van der Waals surface area contributed by atoms with E-state index in [0.717, 1.165) is 6.42 Å². The van der Waals surface area contributed by atoms with Gasteiger partial charge in [-0.25, -0.2) is 0 Å². The minimum atomic E-state index is 1.09. The summed E-state index contributed by atoms with van der Waals surface area (Å²) in [6.07, 6.45) is 1.09. The number of para-hydroxylation sites is 1. The average Bonchev–Trinajstić information content (AvgIpc) is 2.04. The molecule has 1 aromatic carbocycles. The summed E-state index contributed by atoms with van der Waals surface area (Å²) in [7, 11) is 3.74. The molecule has 0 amide bonds. The maximum atomic E-state index is 3.74. The highest BCUT2D eigenvalue weighted by Gasteiger charge is 1.95. The van der Waals surface area contributed by atoms with Crippen LogP contribution in [0, 0.1) is 7.05 Å². The summed E-state index contributed by atoms with van der Waals surface area (Å²) in [6, 6.07) is 8.32. The summed E-state index contributed by atoms with van der Waals surface area (Å²) in [6.45, 7) is 2.16. The minimum absolute atomic E-state index is 1.09. The van der Waals surface area contributed by atoms with Crippen LogP contribution in [0.3, 0.4) is 0 Å². The molecular weight excluding hydrogens is 122 g/mol. The summed E-state index contributed by atoms with van der Waals surface area (Å²) in [4.78, 5) is 0. The molecule has 0 aliphatic heterocycles. The van der Waals surface area contributed by atoms with Gasteiger partial charge in [0.15, 0.2) is 0 Å². The molecule has 1 nitrogen and oxygen atoms in total. The van der Waals surface area contributed by atoms with Crippen molar-refractivity contribution in [2.24, 2.45) is 0 Å². The van der Waals surface area contributed by atoms with E-state index in [1.807, 2.05) is 11.4 Å². The molecule has 0 aliphatic carbocycles. The molecule has 0 heterocycles. The summed E-state index contributed by atoms with van der Waals surface area (Å²) >= 11 is 0. The fourth-order valence-corrected chi connectivity index (χ4v) is 1.06. The van der Waals surface area contributed by atoms with Gasteiger partial charge in [-0.1, -0.05) is 25.1 Å². The molecule has 1 aromatic rings. The molecule has 0 fully saturated rings. The summed E-state index contributed by atoms with van der Waals surface area (Å²) in [5.41, 5.74) is 2.63. The van der Waals surface area contributed by atoms with Crippen LogP contribution in [0.15, 0.2) is 24.3 Å². The van der Waals surface area contributed by atoms with E-state index in [1.165, 1.54) is 11.3 Å². The molecule has 0 aliphatic rings. The molecular formula is C9H13N. The number of benzene rings is 1. The maximum Gasteiger partial charge on any atom is 0.106 e. The van der Waals surface area contributed by atoms with E-state index in [4.69, 9.17) is 0 Å². The molecule has 1 heteroatoms. The predicted octanol–water partition coefficient (Wildman–Crippen LogP) is 1.24. The fourth-order valence-electron chi connectivity index (χ4n) is 1.06. The van der Waals surface area contributed by atoms with Crippen LogP contribution >= 0.6 is 0 Å². The lowest BCUT2D eigenvalue weighted by Crippen LogP contribution is -2.70. The van der Waals surface area contributed by atoms with Crippen LogP contribution in [0.4, 0.5) is 5.69 Å². The van der Waals surface area contributed by atoms with Crippen molar-refractivity contribution in [3.8, 4) is 0 Å². The lowest BCUT2D eigenvalue weighted by Gasteiger charge is -2.03. The minimum Gasteiger partial charge on any atom is -0.446 e. The Labute approximate surface area is 62.1 Å². The second-order valence-corrected chi connectivity index (χ2v) is 2.26. The van der Waals surface area contributed by atoms with Crippen LogP contribution in [-0.4, -0.2) is 0 Å². The smallest absolute Gasteiger partial charge is 0.106 e. The van der Waals surface area contributed by atoms with Gasteiger partial charge in [0, 0.05) is 5.56 Å². The van der Waals surface area contributed by atoms with Gasteiger partial charge < -0.3 is 5.32 Å². The van der Waals surface area contributed by atoms with Crippen molar-refractivity contribution in [3.05, 3.63) is 36.9 Å². The number of nitrogens with two attached hydrogens (primary N) is 1. The zero-order chi connectivity index (χ0) is 7.40. The van der Waals surface area contributed by atoms with E-state index in [2.05, 4.69) is 32.2 Å². The van der Waals surface area contributed by atoms with Crippen LogP contribution in [0.25, 0.3) is 0 Å². The fraction of sp³-hybridized carbons (Fsp3) is 0.222. The highest BCUT2D eigenvalue weighted by Crippen LogP contribution is 2.08. The standard InChI is InChI=1S/C9H13N/c1-3-8-6-4-5-7-9(8)10-2/h4-7H,2-3,10H2,1H3. The van der Waals surface area contributed by atoms with Gasteiger partial charge in [0.25, 0.3) is 0 Å². The molecule has 1 rings (SSSR count). The van der Waals surface area contributed by atoms with Crippen LogP contribution in [0.2, 0.25) is 0 Å². The Morgan fingerprint density at radius 1 is 1.40 bits per heavy atom. The van der Waals surface area contributed by atoms with Gasteiger partial charge in [-0.2, -0.15) is 0 Å². The zero-order valence-corrected chi connectivity index (χ0v) is 6.30. The first-order valence-electron chi connectivity index (χ1n) is 3.58. The Morgan fingerprint density at radius 3 is 2.60 bits per heavy atom. The highest BCUT2D eigenvalue weighted by atomic mass is 14.8. The van der Waals surface area contributed by atoms with Crippen molar-refractivity contribution >= 4 is 5.69 Å². The number of hydrogen-bond donors (Lipinski definition) is 1. The van der Waals surface area contributed by atoms with Crippen LogP contribution in [-0.2, 0) is 6.42 Å². The van der Waals surface area contributed by atoms with Gasteiger partial charge in [-0.3, -0.25) is 0 Å². The van der Waals surface area contributed by atoms with Crippen molar-refractivity contribution in [3.63, 3.8) is 0 Å². The van der Waals surface area contributed by atoms with Gasteiger partial charge in [0.2, 0.25) is 0 Å². The molecule has 54 valence electrons. The van der Waals surface area contributed by atoms with E-state index in [-0.39, 0.29) is 0 Å². The zero-order valence-electron chi connectivity index (χ0n) is 6.30. The molecule has 0 atom stereocenters. The van der Waals surface area contributed by atoms with Gasteiger partial charge in [0.1, 0.15) is 5.69 Å². The molecule has 0 radical (unpaired) electrons. The topological polar surface area (TPSA) is 16.6 Å². The van der Waals surface area contributed by atoms with E-state index in [9.17, 15) is 0 Å². The lowest BCUT2D eigenvalue weighted by molar-refractivity contribution is -0.505. The second-order valence-electron chi connectivity index (χ2n) is 2.26. The molecule has 0 unspecified atom stereocenters. The molecule has 0 saturated carbocycles. The van der Waals surface area contributed by atoms with Crippen LogP contribution in [0.5, 0.6) is 0 Å². The number of hydrogen-bond acceptors (Lipinski definition) is 0. The quantitative estimate of drug-likeness (QED) is 0.464. The third-order valence-electron chi connectivity index (χ3n) is 1.66. The third kappa shape index (κ3) is 1.36. The molecule has 2 N–H and O–H groups in total. The van der Waals surface area contributed by atoms with Gasteiger partial charge >= 0.3 is 0 Å². The number of rotatable bonds is 2. The molecule has 0 bridgehead atoms. The van der Waals surface area contributed by atoms with Gasteiger partial charge in [-0.15, -0.1) is 7.05 Å². The first-order chi connectivity index (χ1) is 4.88. The summed E-state index contributed by atoms with van der Waals surface area (Å²) < 4.78 is 0. The maximum absolute atomic E-state index is 3.74. The Kier molecular flexibility index (Phi) is 2.46. The monoisotopic (exact) mass is 135 g/mol. The molecule has 0 spiro atoms. The summed E-state index contributed by atoms with van der Waals surface area (Å²) in [5, 5.41) is 1.90. The Balaban J connectivity index is 2.96. The van der Waals surface area contributed by atoms with Crippen molar-refractivity contribution in [2.45, 2.75) is 13.3 Å². The van der Waals surface area contributed by atoms with Crippen LogP contribution < -0.4 is 5.32 Å². The normalized spacial score (nSPS) is 9.80. The summed E-state index contributed by atoms with van der Waals surface area (Å²) in [5.74, 6) is 0.